The Kier molecular flexibility index (Phi) is 9.28. The lowest BCUT2D eigenvalue weighted by molar-refractivity contribution is 0.0304. The summed E-state index contributed by atoms with van der Waals surface area (Å²) in [5.74, 6) is 1.75. The molecule has 188 valence electrons. The first-order chi connectivity index (χ1) is 17.0. The number of aliphatic hydroxyl groups is 1. The molecule has 0 aliphatic carbocycles. The molecule has 0 spiro atoms. The van der Waals surface area contributed by atoms with Crippen LogP contribution in [0.5, 0.6) is 5.75 Å². The van der Waals surface area contributed by atoms with Gasteiger partial charge in [0.25, 0.3) is 0 Å². The topological polar surface area (TPSA) is 45.6 Å². The Hall–Kier alpha value is -1.86. The van der Waals surface area contributed by atoms with E-state index in [9.17, 15) is 5.11 Å². The Morgan fingerprint density at radius 2 is 1.97 bits per heavy atom. The maximum Gasteiger partial charge on any atom is 0.127 e. The minimum absolute atomic E-state index is 0.0933. The number of hydrogen-bond acceptors (Lipinski definition) is 5. The van der Waals surface area contributed by atoms with Crippen LogP contribution in [-0.4, -0.2) is 54.1 Å². The highest BCUT2D eigenvalue weighted by Gasteiger charge is 2.35. The van der Waals surface area contributed by atoms with Crippen LogP contribution in [0.15, 0.2) is 59.6 Å². The van der Waals surface area contributed by atoms with E-state index in [0.29, 0.717) is 40.1 Å². The van der Waals surface area contributed by atoms with Crippen molar-refractivity contribution in [3.05, 3.63) is 65.3 Å². The van der Waals surface area contributed by atoms with Gasteiger partial charge in [-0.15, -0.1) is 11.8 Å². The van der Waals surface area contributed by atoms with Crippen molar-refractivity contribution in [1.29, 1.82) is 0 Å². The number of fused-ring (bicyclic) bond motifs is 1. The van der Waals surface area contributed by atoms with E-state index in [1.807, 2.05) is 30.0 Å². The molecule has 7 heteroatoms. The van der Waals surface area contributed by atoms with Gasteiger partial charge < -0.3 is 14.7 Å². The van der Waals surface area contributed by atoms with Gasteiger partial charge in [0.05, 0.1) is 17.6 Å². The van der Waals surface area contributed by atoms with Crippen LogP contribution >= 0.6 is 23.4 Å². The number of hydrogen-bond donors (Lipinski definition) is 1. The molecular weight excluding hydrogens is 483 g/mol. The molecule has 1 fully saturated rings. The van der Waals surface area contributed by atoms with Crippen molar-refractivity contribution in [2.45, 2.75) is 43.2 Å². The van der Waals surface area contributed by atoms with Gasteiger partial charge in [0.15, 0.2) is 0 Å². The summed E-state index contributed by atoms with van der Waals surface area (Å²) in [6, 6.07) is 15.9. The normalized spacial score (nSPS) is 16.9. The van der Waals surface area contributed by atoms with Crippen molar-refractivity contribution in [1.82, 2.24) is 9.88 Å². The average molecular weight is 517 g/mol. The molecule has 0 amide bonds. The number of benzene rings is 2. The molecular formula is C28H34ClFN2O2S. The number of pyridine rings is 1. The summed E-state index contributed by atoms with van der Waals surface area (Å²) in [6.45, 7) is 3.05. The molecule has 35 heavy (non-hydrogen) atoms. The number of aliphatic hydroxyl groups excluding tert-OH is 1. The van der Waals surface area contributed by atoms with Crippen LogP contribution < -0.4 is 4.74 Å². The molecule has 2 aromatic carbocycles. The lowest BCUT2D eigenvalue weighted by Gasteiger charge is -2.41. The van der Waals surface area contributed by atoms with Crippen molar-refractivity contribution in [3.63, 3.8) is 0 Å². The van der Waals surface area contributed by atoms with Crippen LogP contribution in [0.4, 0.5) is 4.39 Å². The van der Waals surface area contributed by atoms with Crippen molar-refractivity contribution in [2.75, 3.05) is 39.1 Å². The molecule has 2 heterocycles. The lowest BCUT2D eigenvalue weighted by atomic mass is 9.74. The number of rotatable bonds is 11. The summed E-state index contributed by atoms with van der Waals surface area (Å²) in [5, 5.41) is 11.3. The first-order valence-electron chi connectivity index (χ1n) is 12.3. The quantitative estimate of drug-likeness (QED) is 0.221. The molecule has 1 N–H and O–H groups in total. The first kappa shape index (κ1) is 26.2. The third kappa shape index (κ3) is 6.67. The van der Waals surface area contributed by atoms with E-state index >= 15 is 4.39 Å². The number of aromatic nitrogens is 1. The zero-order valence-electron chi connectivity index (χ0n) is 20.3. The minimum Gasteiger partial charge on any atom is -0.497 e. The van der Waals surface area contributed by atoms with E-state index in [1.54, 1.807) is 13.2 Å². The van der Waals surface area contributed by atoms with E-state index in [0.717, 1.165) is 44.6 Å². The average Bonchev–Trinajstić information content (AvgIpc) is 2.90. The third-order valence-electron chi connectivity index (χ3n) is 7.19. The van der Waals surface area contributed by atoms with Crippen LogP contribution in [0.1, 0.15) is 43.8 Å². The highest BCUT2D eigenvalue weighted by Crippen LogP contribution is 2.42. The van der Waals surface area contributed by atoms with Gasteiger partial charge in [0.2, 0.25) is 0 Å². The standard InChI is InChI=1S/C28H34ClFN2O2S/c1-34-21-8-9-26-23(18-21)27(24(29)19-31-26)25(30)10-11-28(20-33)12-15-32(16-13-28)14-5-17-35-22-6-3-2-4-7-22/h2-4,6-9,18-19,25,33H,5,10-17,20H2,1H3. The Morgan fingerprint density at radius 3 is 2.69 bits per heavy atom. The number of methoxy groups -OCH3 is 1. The summed E-state index contributed by atoms with van der Waals surface area (Å²) >= 11 is 8.30. The molecule has 4 nitrogen and oxygen atoms in total. The largest absolute Gasteiger partial charge is 0.497 e. The number of alkyl halides is 1. The number of likely N-dealkylation sites (tertiary alicyclic amines) is 1. The van der Waals surface area contributed by atoms with Gasteiger partial charge in [-0.3, -0.25) is 4.98 Å². The Morgan fingerprint density at radius 1 is 1.20 bits per heavy atom. The first-order valence-corrected chi connectivity index (χ1v) is 13.7. The number of ether oxygens (including phenoxy) is 1. The van der Waals surface area contributed by atoms with Crippen LogP contribution in [-0.2, 0) is 0 Å². The summed E-state index contributed by atoms with van der Waals surface area (Å²) in [6.07, 6.45) is 4.17. The van der Waals surface area contributed by atoms with Crippen LogP contribution in [0.3, 0.4) is 0 Å². The van der Waals surface area contributed by atoms with Gasteiger partial charge in [-0.1, -0.05) is 29.8 Å². The van der Waals surface area contributed by atoms with Gasteiger partial charge in [-0.05, 0) is 93.2 Å². The third-order valence-corrected chi connectivity index (χ3v) is 8.59. The molecule has 4 rings (SSSR count). The molecule has 0 radical (unpaired) electrons. The SMILES string of the molecule is COc1ccc2ncc(Cl)c(C(F)CCC3(CO)CCN(CCCSc4ccccc4)CC3)c2c1. The predicted octanol–water partition coefficient (Wildman–Crippen LogP) is 6.94. The van der Waals surface area contributed by atoms with Crippen LogP contribution in [0.2, 0.25) is 5.02 Å². The molecule has 1 aliphatic rings. The van der Waals surface area contributed by atoms with E-state index in [4.69, 9.17) is 16.3 Å². The zero-order chi connectivity index (χ0) is 24.7. The van der Waals surface area contributed by atoms with Gasteiger partial charge in [-0.25, -0.2) is 4.39 Å². The van der Waals surface area contributed by atoms with Gasteiger partial charge in [0, 0.05) is 28.6 Å². The van der Waals surface area contributed by atoms with Crippen LogP contribution in [0.25, 0.3) is 10.9 Å². The predicted molar refractivity (Wildman–Crippen MR) is 143 cm³/mol. The monoisotopic (exact) mass is 516 g/mol. The lowest BCUT2D eigenvalue weighted by Crippen LogP contribution is -2.42. The molecule has 0 saturated carbocycles. The van der Waals surface area contributed by atoms with Crippen molar-refractivity contribution >= 4 is 34.3 Å². The number of nitrogens with zero attached hydrogens (tertiary/aromatic N) is 2. The smallest absolute Gasteiger partial charge is 0.127 e. The maximum atomic E-state index is 15.6. The second-order valence-corrected chi connectivity index (χ2v) is 11.0. The second-order valence-electron chi connectivity index (χ2n) is 9.42. The summed E-state index contributed by atoms with van der Waals surface area (Å²) in [4.78, 5) is 8.12. The van der Waals surface area contributed by atoms with Crippen molar-refractivity contribution < 1.29 is 14.2 Å². The molecule has 1 aliphatic heterocycles. The van der Waals surface area contributed by atoms with Gasteiger partial charge >= 0.3 is 0 Å². The maximum absolute atomic E-state index is 15.6. The fourth-order valence-corrected chi connectivity index (χ4v) is 6.05. The fourth-order valence-electron chi connectivity index (χ4n) is 4.92. The Labute approximate surface area is 216 Å². The van der Waals surface area contributed by atoms with Crippen molar-refractivity contribution in [2.24, 2.45) is 5.41 Å². The van der Waals surface area contributed by atoms with E-state index < -0.39 is 6.17 Å². The highest BCUT2D eigenvalue weighted by molar-refractivity contribution is 7.99. The fraction of sp³-hybridized carbons (Fsp3) is 0.464. The molecule has 3 aromatic rings. The van der Waals surface area contributed by atoms with Gasteiger partial charge in [0.1, 0.15) is 11.9 Å². The summed E-state index contributed by atoms with van der Waals surface area (Å²) < 4.78 is 20.9. The van der Waals surface area contributed by atoms with Crippen LogP contribution in [0, 0.1) is 5.41 Å². The number of thioether (sulfide) groups is 1. The van der Waals surface area contributed by atoms with E-state index in [1.165, 1.54) is 11.1 Å². The van der Waals surface area contributed by atoms with Gasteiger partial charge in [-0.2, -0.15) is 0 Å². The van der Waals surface area contributed by atoms with Crippen molar-refractivity contribution in [3.8, 4) is 5.75 Å². The molecule has 1 saturated heterocycles. The van der Waals surface area contributed by atoms with E-state index in [2.05, 4.69) is 34.1 Å². The second kappa shape index (κ2) is 12.4. The Bertz CT molecular complexity index is 1090. The molecule has 1 unspecified atom stereocenters. The molecule has 1 atom stereocenters. The number of halogens is 2. The summed E-state index contributed by atoms with van der Waals surface area (Å²) in [7, 11) is 1.59. The number of piperidine rings is 1. The summed E-state index contributed by atoms with van der Waals surface area (Å²) in [5.41, 5.74) is 0.938. The zero-order valence-corrected chi connectivity index (χ0v) is 21.8. The molecule has 1 aromatic heterocycles. The highest BCUT2D eigenvalue weighted by atomic mass is 35.5. The Balaban J connectivity index is 1.30. The minimum atomic E-state index is -1.23. The van der Waals surface area contributed by atoms with E-state index in [-0.39, 0.29) is 12.0 Å². The molecule has 0 bridgehead atoms.